The van der Waals surface area contributed by atoms with Gasteiger partial charge in [-0.05, 0) is 65.0 Å². The monoisotopic (exact) mass is 665 g/mol. The second kappa shape index (κ2) is 13.2. The summed E-state index contributed by atoms with van der Waals surface area (Å²) in [6.45, 7) is 0. The maximum atomic E-state index is 12.3. The number of fused-ring (bicyclic) bond motifs is 1. The van der Waals surface area contributed by atoms with Crippen molar-refractivity contribution in [3.8, 4) is 5.75 Å². The van der Waals surface area contributed by atoms with Gasteiger partial charge < -0.3 is 16.2 Å². The van der Waals surface area contributed by atoms with Crippen LogP contribution >= 0.6 is 47.3 Å². The maximum Gasteiger partial charge on any atom is 0.296 e. The highest BCUT2D eigenvalue weighted by molar-refractivity contribution is 7.94. The Bertz CT molecular complexity index is 1730. The third-order valence-electron chi connectivity index (χ3n) is 4.81. The highest BCUT2D eigenvalue weighted by Gasteiger charge is 2.23. The van der Waals surface area contributed by atoms with E-state index in [1.807, 2.05) is 0 Å². The van der Waals surface area contributed by atoms with Crippen molar-refractivity contribution in [1.82, 2.24) is 15.0 Å². The first kappa shape index (κ1) is 30.8. The Labute approximate surface area is 247 Å². The van der Waals surface area contributed by atoms with Gasteiger partial charge >= 0.3 is 0 Å². The number of rotatable bonds is 11. The lowest BCUT2D eigenvalue weighted by molar-refractivity contribution is -0.432. The van der Waals surface area contributed by atoms with Crippen LogP contribution in [0.1, 0.15) is 0 Å². The number of nitrogens with two attached hydrogens (primary N) is 1. The smallest absolute Gasteiger partial charge is 0.296 e. The Morgan fingerprint density at radius 1 is 0.951 bits per heavy atom. The molecule has 0 saturated heterocycles. The quantitative estimate of drug-likeness (QED) is 0.0273. The zero-order valence-corrected chi connectivity index (χ0v) is 23.5. The lowest BCUT2D eigenvalue weighted by Gasteiger charge is -2.12. The Morgan fingerprint density at radius 3 is 2.29 bits per heavy atom. The average molecular weight is 666 g/mol. The SMILES string of the molecule is Nc1c(N=Nc2cc(Nc3nc(Cl)nc(Cl)n3)ccc2SOOO)c(S(=O)(=O)O)cc2cc(SOOO)cc(O)c12. The number of nitrogens with one attached hydrogen (secondary N) is 1. The molecule has 0 fully saturated rings. The van der Waals surface area contributed by atoms with E-state index in [-0.39, 0.29) is 48.5 Å². The van der Waals surface area contributed by atoms with Gasteiger partial charge in [-0.2, -0.15) is 23.4 Å². The summed E-state index contributed by atoms with van der Waals surface area (Å²) in [6.07, 6.45) is 0. The summed E-state index contributed by atoms with van der Waals surface area (Å²) in [6, 6.07) is 7.85. The summed E-state index contributed by atoms with van der Waals surface area (Å²) < 4.78 is 43.2. The molecule has 41 heavy (non-hydrogen) atoms. The summed E-state index contributed by atoms with van der Waals surface area (Å²) in [5, 5.41) is 45.1. The first-order valence-electron chi connectivity index (χ1n) is 10.3. The number of phenolic OH excluding ortho intramolecular Hbond substituents is 1. The molecule has 7 N–H and O–H groups in total. The van der Waals surface area contributed by atoms with Crippen LogP contribution in [0.25, 0.3) is 10.8 Å². The predicted molar refractivity (Wildman–Crippen MR) is 145 cm³/mol. The fourth-order valence-corrected chi connectivity index (χ4v) is 5.19. The second-order valence-electron chi connectivity index (χ2n) is 7.31. The summed E-state index contributed by atoms with van der Waals surface area (Å²) in [7, 11) is -4.94. The van der Waals surface area contributed by atoms with Gasteiger partial charge in [-0.25, -0.2) is 10.5 Å². The van der Waals surface area contributed by atoms with E-state index < -0.39 is 26.5 Å². The molecular weight excluding hydrogens is 653 g/mol. The van der Waals surface area contributed by atoms with Crippen LogP contribution in [0.4, 0.5) is 28.7 Å². The normalized spacial score (nSPS) is 11.9. The summed E-state index contributed by atoms with van der Waals surface area (Å²) in [5.74, 6) is -0.447. The molecule has 17 nitrogen and oxygen atoms in total. The molecule has 0 atom stereocenters. The van der Waals surface area contributed by atoms with Crippen molar-refractivity contribution in [3.05, 3.63) is 47.0 Å². The van der Waals surface area contributed by atoms with Crippen LogP contribution in [0.3, 0.4) is 0 Å². The van der Waals surface area contributed by atoms with Gasteiger partial charge in [-0.1, -0.05) is 10.1 Å². The first-order valence-corrected chi connectivity index (χ1v) is 13.9. The number of hydrogen-bond acceptors (Lipinski definition) is 18. The number of aromatic hydroxyl groups is 1. The molecule has 3 aromatic carbocycles. The second-order valence-corrected chi connectivity index (χ2v) is 10.9. The standard InChI is InChI=1S/C19H13Cl2N7O10S3/c20-17-24-18(21)26-19(25-17)23-8-1-2-12(40-38-36-31)10(5-8)27-28-16-13(41(32,33)34)4-7-3-9(39-37-35-30)6-11(29)14(7)15(16)22/h1-6,29-31H,22H2,(H,32,33,34)(H,23,24,25,26). The minimum atomic E-state index is -4.94. The number of nitrogen functional groups attached to an aromatic ring is 1. The van der Waals surface area contributed by atoms with Crippen molar-refractivity contribution in [2.45, 2.75) is 14.7 Å². The molecule has 0 saturated carbocycles. The van der Waals surface area contributed by atoms with Crippen LogP contribution in [0.2, 0.25) is 10.6 Å². The van der Waals surface area contributed by atoms with Crippen molar-refractivity contribution in [3.63, 3.8) is 0 Å². The first-order chi connectivity index (χ1) is 19.5. The van der Waals surface area contributed by atoms with Crippen LogP contribution in [0, 0.1) is 0 Å². The number of halogens is 2. The van der Waals surface area contributed by atoms with Gasteiger partial charge in [0.25, 0.3) is 10.1 Å². The fourth-order valence-electron chi connectivity index (χ4n) is 3.30. The predicted octanol–water partition coefficient (Wildman–Crippen LogP) is 5.88. The lowest BCUT2D eigenvalue weighted by atomic mass is 10.1. The number of phenols is 1. The van der Waals surface area contributed by atoms with Crippen LogP contribution in [0.5, 0.6) is 5.75 Å². The Hall–Kier alpha value is -3.12. The lowest BCUT2D eigenvalue weighted by Crippen LogP contribution is -2.02. The fraction of sp³-hybridized carbons (Fsp3) is 0. The zero-order chi connectivity index (χ0) is 29.7. The molecule has 0 radical (unpaired) electrons. The number of benzene rings is 3. The molecule has 216 valence electrons. The molecular formula is C19H13Cl2N7O10S3. The molecule has 0 unspecified atom stereocenters. The molecule has 0 aliphatic carbocycles. The van der Waals surface area contributed by atoms with Gasteiger partial charge in [0.2, 0.25) is 16.5 Å². The minimum absolute atomic E-state index is 0.00112. The largest absolute Gasteiger partial charge is 0.507 e. The van der Waals surface area contributed by atoms with Crippen molar-refractivity contribution < 1.29 is 47.3 Å². The number of anilines is 3. The van der Waals surface area contributed by atoms with Gasteiger partial charge in [0, 0.05) is 16.0 Å². The molecule has 1 aromatic heterocycles. The zero-order valence-electron chi connectivity index (χ0n) is 19.5. The molecule has 1 heterocycles. The van der Waals surface area contributed by atoms with E-state index in [1.165, 1.54) is 30.3 Å². The molecule has 4 aromatic rings. The van der Waals surface area contributed by atoms with Gasteiger partial charge in [-0.3, -0.25) is 4.55 Å². The van der Waals surface area contributed by atoms with E-state index in [1.54, 1.807) is 0 Å². The van der Waals surface area contributed by atoms with E-state index in [4.69, 9.17) is 39.5 Å². The molecule has 0 aliphatic heterocycles. The van der Waals surface area contributed by atoms with Crippen molar-refractivity contribution in [1.29, 1.82) is 0 Å². The highest BCUT2D eigenvalue weighted by atomic mass is 35.5. The Balaban J connectivity index is 1.82. The van der Waals surface area contributed by atoms with Crippen molar-refractivity contribution in [2.24, 2.45) is 10.2 Å². The average Bonchev–Trinajstić information content (AvgIpc) is 2.89. The number of aromatic nitrogens is 3. The molecule has 0 spiro atoms. The third-order valence-corrected chi connectivity index (χ3v) is 7.23. The van der Waals surface area contributed by atoms with E-state index >= 15 is 0 Å². The highest BCUT2D eigenvalue weighted by Crippen LogP contribution is 2.44. The molecule has 0 aliphatic rings. The maximum absolute atomic E-state index is 12.3. The van der Waals surface area contributed by atoms with Gasteiger partial charge in [0.05, 0.1) is 34.7 Å². The summed E-state index contributed by atoms with van der Waals surface area (Å²) in [5.41, 5.74) is 5.61. The van der Waals surface area contributed by atoms with Gasteiger partial charge in [-0.15, -0.1) is 18.9 Å². The van der Waals surface area contributed by atoms with E-state index in [0.717, 1.165) is 6.07 Å². The summed E-state index contributed by atoms with van der Waals surface area (Å²) >= 11 is 12.6. The van der Waals surface area contributed by atoms with Crippen LogP contribution in [-0.2, 0) is 28.9 Å². The Kier molecular flexibility index (Phi) is 9.96. The summed E-state index contributed by atoms with van der Waals surface area (Å²) in [4.78, 5) is 11.0. The number of nitrogens with zero attached hydrogens (tertiary/aromatic N) is 5. The van der Waals surface area contributed by atoms with E-state index in [0.29, 0.717) is 29.8 Å². The van der Waals surface area contributed by atoms with E-state index in [9.17, 15) is 18.1 Å². The molecule has 0 bridgehead atoms. The number of azo groups is 1. The van der Waals surface area contributed by atoms with Crippen LogP contribution in [0.15, 0.2) is 61.3 Å². The molecule has 0 amide bonds. The topological polar surface area (TPSA) is 253 Å². The third kappa shape index (κ3) is 7.59. The van der Waals surface area contributed by atoms with Crippen LogP contribution < -0.4 is 11.1 Å². The van der Waals surface area contributed by atoms with Crippen LogP contribution in [-0.4, -0.2) is 43.5 Å². The molecule has 4 rings (SSSR count). The van der Waals surface area contributed by atoms with Crippen molar-refractivity contribution in [2.75, 3.05) is 11.1 Å². The van der Waals surface area contributed by atoms with E-state index in [2.05, 4.69) is 49.2 Å². The van der Waals surface area contributed by atoms with Crippen molar-refractivity contribution >= 4 is 96.9 Å². The number of hydrogen-bond donors (Lipinski definition) is 6. The molecule has 22 heteroatoms. The Morgan fingerprint density at radius 2 is 1.63 bits per heavy atom. The van der Waals surface area contributed by atoms with Gasteiger partial charge in [0.1, 0.15) is 22.0 Å². The minimum Gasteiger partial charge on any atom is -0.507 e. The van der Waals surface area contributed by atoms with Gasteiger partial charge in [0.15, 0.2) is 0 Å².